The van der Waals surface area contributed by atoms with Crippen molar-refractivity contribution in [2.75, 3.05) is 18.4 Å². The van der Waals surface area contributed by atoms with E-state index in [1.807, 2.05) is 48.0 Å². The minimum atomic E-state index is 0.189. The Morgan fingerprint density at radius 3 is 3.00 bits per heavy atom. The number of carbonyl (C=O) groups excluding carboxylic acids is 1. The number of Topliss-reactive ketones (excluding diaryl/α,β-unsaturated/α-hetero) is 1. The lowest BCUT2D eigenvalue weighted by atomic mass is 9.92. The number of hydrogen-bond acceptors (Lipinski definition) is 6. The van der Waals surface area contributed by atoms with Crippen LogP contribution in [-0.4, -0.2) is 33.4 Å². The van der Waals surface area contributed by atoms with Crippen LogP contribution in [-0.2, 0) is 7.05 Å². The lowest BCUT2D eigenvalue weighted by Gasteiger charge is -2.21. The fraction of sp³-hybridized carbons (Fsp3) is 0.318. The van der Waals surface area contributed by atoms with Crippen LogP contribution in [0.5, 0.6) is 0 Å². The van der Waals surface area contributed by atoms with E-state index >= 15 is 0 Å². The average molecular weight is 440 g/mol. The Hall–Kier alpha value is -2.48. The molecule has 0 unspecified atom stereocenters. The van der Waals surface area contributed by atoms with Crippen molar-refractivity contribution in [1.29, 1.82) is 0 Å². The number of halogens is 1. The smallest absolute Gasteiger partial charge is 0.209 e. The van der Waals surface area contributed by atoms with Gasteiger partial charge in [-0.1, -0.05) is 22.9 Å². The average Bonchev–Trinajstić information content (AvgIpc) is 3.28. The summed E-state index contributed by atoms with van der Waals surface area (Å²) in [4.78, 5) is 22.1. The molecule has 6 nitrogen and oxygen atoms in total. The van der Waals surface area contributed by atoms with Gasteiger partial charge in [0.2, 0.25) is 5.95 Å². The first-order valence-corrected chi connectivity index (χ1v) is 11.3. The molecular formula is C22H22ClN5OS. The predicted octanol–water partition coefficient (Wildman–Crippen LogP) is 5.15. The number of hydrogen-bond donors (Lipinski definition) is 2. The molecule has 0 amide bonds. The Morgan fingerprint density at radius 1 is 1.27 bits per heavy atom. The molecule has 1 aliphatic heterocycles. The summed E-state index contributed by atoms with van der Waals surface area (Å²) in [5, 5.41) is 8.14. The molecule has 1 atom stereocenters. The molecule has 0 aliphatic carbocycles. The van der Waals surface area contributed by atoms with Crippen molar-refractivity contribution in [3.8, 4) is 0 Å². The van der Waals surface area contributed by atoms with Gasteiger partial charge in [-0.3, -0.25) is 4.79 Å². The van der Waals surface area contributed by atoms with E-state index in [1.54, 1.807) is 0 Å². The van der Waals surface area contributed by atoms with E-state index < -0.39 is 0 Å². The summed E-state index contributed by atoms with van der Waals surface area (Å²) in [6, 6.07) is 11.4. The van der Waals surface area contributed by atoms with Crippen LogP contribution in [0.15, 0.2) is 36.4 Å². The Morgan fingerprint density at radius 2 is 2.17 bits per heavy atom. The molecule has 2 aromatic carbocycles. The molecule has 30 heavy (non-hydrogen) atoms. The zero-order chi connectivity index (χ0) is 20.7. The van der Waals surface area contributed by atoms with Crippen LogP contribution in [0.25, 0.3) is 21.3 Å². The van der Waals surface area contributed by atoms with E-state index in [4.69, 9.17) is 16.6 Å². The second-order valence-corrected chi connectivity index (χ2v) is 9.26. The number of thiazole rings is 1. The second-order valence-electron chi connectivity index (χ2n) is 7.79. The van der Waals surface area contributed by atoms with Crippen LogP contribution in [0.4, 0.5) is 11.1 Å². The largest absolute Gasteiger partial charge is 0.316 e. The number of piperidine rings is 1. The molecule has 8 heteroatoms. The molecule has 0 spiro atoms. The zero-order valence-electron chi connectivity index (χ0n) is 16.6. The van der Waals surface area contributed by atoms with Gasteiger partial charge in [0.15, 0.2) is 10.9 Å². The van der Waals surface area contributed by atoms with Crippen LogP contribution < -0.4 is 10.6 Å². The normalized spacial score (nSPS) is 16.9. The van der Waals surface area contributed by atoms with E-state index in [2.05, 4.69) is 15.6 Å². The summed E-state index contributed by atoms with van der Waals surface area (Å²) < 4.78 is 3.00. The standard InChI is InChI=1S/C22H22ClN5OS/c1-28-18-7-4-14(19(29)9-13-3-2-8-24-12-13)10-17(18)25-21(28)27-22-26-16-6-5-15(23)11-20(16)30-22/h4-7,10-11,13,24H,2-3,8-9,12H2,1H3,(H,25,26,27)/t13-/m0/s1. The minimum absolute atomic E-state index is 0.189. The van der Waals surface area contributed by atoms with Gasteiger partial charge in [-0.15, -0.1) is 0 Å². The molecule has 4 aromatic rings. The first-order valence-electron chi connectivity index (χ1n) is 10.1. The van der Waals surface area contributed by atoms with Gasteiger partial charge in [-0.2, -0.15) is 0 Å². The third-order valence-corrected chi connectivity index (χ3v) is 6.81. The van der Waals surface area contributed by atoms with Gasteiger partial charge in [-0.25, -0.2) is 9.97 Å². The van der Waals surface area contributed by atoms with Crippen molar-refractivity contribution in [3.05, 3.63) is 47.0 Å². The fourth-order valence-corrected chi connectivity index (χ4v) is 5.15. The Bertz CT molecular complexity index is 1240. The number of imidazole rings is 1. The van der Waals surface area contributed by atoms with Crippen molar-refractivity contribution < 1.29 is 4.79 Å². The monoisotopic (exact) mass is 439 g/mol. The molecule has 0 saturated carbocycles. The quantitative estimate of drug-likeness (QED) is 0.420. The van der Waals surface area contributed by atoms with Crippen molar-refractivity contribution in [2.45, 2.75) is 19.3 Å². The summed E-state index contributed by atoms with van der Waals surface area (Å²) in [7, 11) is 1.96. The fourth-order valence-electron chi connectivity index (χ4n) is 4.01. The first-order chi connectivity index (χ1) is 14.6. The molecule has 154 valence electrons. The van der Waals surface area contributed by atoms with Gasteiger partial charge < -0.3 is 15.2 Å². The van der Waals surface area contributed by atoms with E-state index in [-0.39, 0.29) is 5.78 Å². The number of nitrogens with zero attached hydrogens (tertiary/aromatic N) is 3. The second kappa shape index (κ2) is 7.98. The maximum Gasteiger partial charge on any atom is 0.209 e. The van der Waals surface area contributed by atoms with E-state index in [1.165, 1.54) is 11.3 Å². The van der Waals surface area contributed by atoms with Gasteiger partial charge in [0.25, 0.3) is 0 Å². The summed E-state index contributed by atoms with van der Waals surface area (Å²) in [5.41, 5.74) is 3.40. The number of aryl methyl sites for hydroxylation is 1. The SMILES string of the molecule is Cn1c(Nc2nc3ccc(Cl)cc3s2)nc2cc(C(=O)C[C@@H]3CCCNC3)ccc21. The highest BCUT2D eigenvalue weighted by atomic mass is 35.5. The van der Waals surface area contributed by atoms with Crippen LogP contribution in [0.3, 0.4) is 0 Å². The van der Waals surface area contributed by atoms with Crippen LogP contribution in [0.1, 0.15) is 29.6 Å². The van der Waals surface area contributed by atoms with Crippen molar-refractivity contribution >= 4 is 61.1 Å². The topological polar surface area (TPSA) is 71.8 Å². The number of carbonyl (C=O) groups is 1. The number of benzene rings is 2. The predicted molar refractivity (Wildman–Crippen MR) is 123 cm³/mol. The number of aromatic nitrogens is 3. The lowest BCUT2D eigenvalue weighted by molar-refractivity contribution is 0.0954. The van der Waals surface area contributed by atoms with Gasteiger partial charge in [0.05, 0.1) is 21.3 Å². The molecule has 2 aromatic heterocycles. The summed E-state index contributed by atoms with van der Waals surface area (Å²) in [6.07, 6.45) is 2.85. The highest BCUT2D eigenvalue weighted by Crippen LogP contribution is 2.31. The van der Waals surface area contributed by atoms with Gasteiger partial charge in [0.1, 0.15) is 0 Å². The molecule has 0 radical (unpaired) electrons. The number of ketones is 1. The first kappa shape index (κ1) is 19.5. The van der Waals surface area contributed by atoms with E-state index in [0.717, 1.165) is 57.9 Å². The molecule has 1 saturated heterocycles. The Balaban J connectivity index is 1.39. The Kier molecular flexibility index (Phi) is 5.18. The molecular weight excluding hydrogens is 418 g/mol. The number of fused-ring (bicyclic) bond motifs is 2. The third-order valence-electron chi connectivity index (χ3n) is 5.65. The number of anilines is 2. The van der Waals surface area contributed by atoms with Gasteiger partial charge in [0, 0.05) is 24.1 Å². The maximum absolute atomic E-state index is 12.8. The highest BCUT2D eigenvalue weighted by molar-refractivity contribution is 7.22. The van der Waals surface area contributed by atoms with Crippen LogP contribution in [0, 0.1) is 5.92 Å². The molecule has 2 N–H and O–H groups in total. The third kappa shape index (κ3) is 3.80. The van der Waals surface area contributed by atoms with Crippen LogP contribution in [0.2, 0.25) is 5.02 Å². The molecule has 0 bridgehead atoms. The summed E-state index contributed by atoms with van der Waals surface area (Å²) in [6.45, 7) is 1.99. The summed E-state index contributed by atoms with van der Waals surface area (Å²) >= 11 is 7.61. The van der Waals surface area contributed by atoms with Crippen LogP contribution >= 0.6 is 22.9 Å². The number of rotatable bonds is 5. The Labute approximate surface area is 183 Å². The molecule has 5 rings (SSSR count). The van der Waals surface area contributed by atoms with Crippen molar-refractivity contribution in [3.63, 3.8) is 0 Å². The molecule has 3 heterocycles. The van der Waals surface area contributed by atoms with E-state index in [0.29, 0.717) is 23.3 Å². The van der Waals surface area contributed by atoms with Gasteiger partial charge in [-0.05, 0) is 68.2 Å². The van der Waals surface area contributed by atoms with Gasteiger partial charge >= 0.3 is 0 Å². The van der Waals surface area contributed by atoms with E-state index in [9.17, 15) is 4.79 Å². The molecule has 1 fully saturated rings. The number of nitrogens with one attached hydrogen (secondary N) is 2. The summed E-state index contributed by atoms with van der Waals surface area (Å²) in [5.74, 6) is 1.31. The van der Waals surface area contributed by atoms with Crippen molar-refractivity contribution in [1.82, 2.24) is 19.9 Å². The lowest BCUT2D eigenvalue weighted by Crippen LogP contribution is -2.31. The minimum Gasteiger partial charge on any atom is -0.316 e. The zero-order valence-corrected chi connectivity index (χ0v) is 18.2. The molecule has 1 aliphatic rings. The maximum atomic E-state index is 12.8. The highest BCUT2D eigenvalue weighted by Gasteiger charge is 2.19. The van der Waals surface area contributed by atoms with Crippen molar-refractivity contribution in [2.24, 2.45) is 13.0 Å².